The van der Waals surface area contributed by atoms with Crippen molar-refractivity contribution in [3.8, 4) is 0 Å². The highest BCUT2D eigenvalue weighted by atomic mass is 35.5. The molecule has 2 N–H and O–H groups in total. The zero-order valence-corrected chi connectivity index (χ0v) is 12.5. The van der Waals surface area contributed by atoms with E-state index in [1.807, 2.05) is 12.1 Å². The predicted octanol–water partition coefficient (Wildman–Crippen LogP) is 3.56. The van der Waals surface area contributed by atoms with Crippen LogP contribution in [0.3, 0.4) is 0 Å². The lowest BCUT2D eigenvalue weighted by Crippen LogP contribution is -2.04. The monoisotopic (exact) mass is 288 g/mol. The summed E-state index contributed by atoms with van der Waals surface area (Å²) in [6.07, 6.45) is 1.87. The SMILES string of the molecule is CCCNc1ccc(Cl)c(CSC(C)CCO)n1. The summed E-state index contributed by atoms with van der Waals surface area (Å²) in [4.78, 5) is 4.52. The summed E-state index contributed by atoms with van der Waals surface area (Å²) < 4.78 is 0. The highest BCUT2D eigenvalue weighted by Gasteiger charge is 2.07. The van der Waals surface area contributed by atoms with Crippen LogP contribution in [0, 0.1) is 0 Å². The number of pyridine rings is 1. The second-order valence-electron chi connectivity index (χ2n) is 4.19. The molecule has 0 amide bonds. The summed E-state index contributed by atoms with van der Waals surface area (Å²) in [5, 5.41) is 13.2. The molecular weight excluding hydrogens is 268 g/mol. The highest BCUT2D eigenvalue weighted by Crippen LogP contribution is 2.24. The van der Waals surface area contributed by atoms with E-state index in [0.29, 0.717) is 10.3 Å². The maximum Gasteiger partial charge on any atom is 0.126 e. The Hall–Kier alpha value is -0.450. The number of nitrogens with one attached hydrogen (secondary N) is 1. The van der Waals surface area contributed by atoms with Crippen LogP contribution in [-0.4, -0.2) is 28.5 Å². The fraction of sp³-hybridized carbons (Fsp3) is 0.615. The molecule has 0 saturated carbocycles. The fourth-order valence-corrected chi connectivity index (χ4v) is 2.61. The van der Waals surface area contributed by atoms with E-state index < -0.39 is 0 Å². The first-order valence-electron chi connectivity index (χ1n) is 6.29. The third-order valence-corrected chi connectivity index (χ3v) is 4.10. The van der Waals surface area contributed by atoms with E-state index in [1.165, 1.54) is 0 Å². The van der Waals surface area contributed by atoms with Crippen LogP contribution >= 0.6 is 23.4 Å². The molecule has 18 heavy (non-hydrogen) atoms. The van der Waals surface area contributed by atoms with Gasteiger partial charge in [0, 0.05) is 24.2 Å². The van der Waals surface area contributed by atoms with Crippen LogP contribution in [0.15, 0.2) is 12.1 Å². The number of halogens is 1. The van der Waals surface area contributed by atoms with Gasteiger partial charge in [-0.1, -0.05) is 25.4 Å². The molecule has 1 unspecified atom stereocenters. The summed E-state index contributed by atoms with van der Waals surface area (Å²) in [5.41, 5.74) is 0.910. The Balaban J connectivity index is 2.57. The van der Waals surface area contributed by atoms with Gasteiger partial charge in [0.2, 0.25) is 0 Å². The largest absolute Gasteiger partial charge is 0.396 e. The first-order chi connectivity index (χ1) is 8.67. The van der Waals surface area contributed by atoms with Gasteiger partial charge in [0.25, 0.3) is 0 Å². The molecule has 0 aliphatic rings. The van der Waals surface area contributed by atoms with Gasteiger partial charge in [0.15, 0.2) is 0 Å². The number of hydrogen-bond donors (Lipinski definition) is 2. The lowest BCUT2D eigenvalue weighted by atomic mass is 10.3. The van der Waals surface area contributed by atoms with Crippen LogP contribution in [0.2, 0.25) is 5.02 Å². The van der Waals surface area contributed by atoms with Crippen LogP contribution in [-0.2, 0) is 5.75 Å². The van der Waals surface area contributed by atoms with E-state index in [-0.39, 0.29) is 6.61 Å². The van der Waals surface area contributed by atoms with Crippen molar-refractivity contribution >= 4 is 29.2 Å². The fourth-order valence-electron chi connectivity index (χ4n) is 1.42. The first kappa shape index (κ1) is 15.6. The van der Waals surface area contributed by atoms with E-state index in [1.54, 1.807) is 11.8 Å². The minimum Gasteiger partial charge on any atom is -0.396 e. The number of nitrogens with zero attached hydrogens (tertiary/aromatic N) is 1. The summed E-state index contributed by atoms with van der Waals surface area (Å²) in [6.45, 7) is 5.37. The zero-order chi connectivity index (χ0) is 13.4. The second-order valence-corrected chi connectivity index (χ2v) is 6.02. The van der Waals surface area contributed by atoms with Gasteiger partial charge in [-0.25, -0.2) is 4.98 Å². The molecule has 0 fully saturated rings. The first-order valence-corrected chi connectivity index (χ1v) is 7.71. The predicted molar refractivity (Wildman–Crippen MR) is 80.5 cm³/mol. The lowest BCUT2D eigenvalue weighted by molar-refractivity contribution is 0.289. The van der Waals surface area contributed by atoms with E-state index in [9.17, 15) is 0 Å². The molecule has 5 heteroatoms. The van der Waals surface area contributed by atoms with E-state index in [0.717, 1.165) is 36.7 Å². The van der Waals surface area contributed by atoms with E-state index in [2.05, 4.69) is 24.1 Å². The van der Waals surface area contributed by atoms with Crippen molar-refractivity contribution < 1.29 is 5.11 Å². The van der Waals surface area contributed by atoms with Crippen molar-refractivity contribution in [2.45, 2.75) is 37.7 Å². The van der Waals surface area contributed by atoms with Crippen molar-refractivity contribution in [1.82, 2.24) is 4.98 Å². The van der Waals surface area contributed by atoms with Crippen LogP contribution in [0.25, 0.3) is 0 Å². The Morgan fingerprint density at radius 1 is 1.50 bits per heavy atom. The van der Waals surface area contributed by atoms with Crippen LogP contribution in [0.5, 0.6) is 0 Å². The molecule has 0 aliphatic carbocycles. The molecule has 1 aromatic rings. The molecule has 3 nitrogen and oxygen atoms in total. The number of rotatable bonds is 8. The molecular formula is C13H21ClN2OS. The Morgan fingerprint density at radius 3 is 2.94 bits per heavy atom. The molecule has 1 heterocycles. The lowest BCUT2D eigenvalue weighted by Gasteiger charge is -2.11. The van der Waals surface area contributed by atoms with Crippen molar-refractivity contribution in [3.63, 3.8) is 0 Å². The van der Waals surface area contributed by atoms with Crippen LogP contribution in [0.1, 0.15) is 32.4 Å². The second kappa shape index (κ2) is 8.62. The third-order valence-electron chi connectivity index (χ3n) is 2.51. The molecule has 102 valence electrons. The Kier molecular flexibility index (Phi) is 7.47. The van der Waals surface area contributed by atoms with Gasteiger partial charge in [-0.05, 0) is 25.0 Å². The molecule has 0 radical (unpaired) electrons. The summed E-state index contributed by atoms with van der Waals surface area (Å²) >= 11 is 7.90. The number of thioether (sulfide) groups is 1. The van der Waals surface area contributed by atoms with Gasteiger partial charge in [-0.3, -0.25) is 0 Å². The molecule has 0 saturated heterocycles. The molecule has 0 aromatic carbocycles. The third kappa shape index (κ3) is 5.46. The smallest absolute Gasteiger partial charge is 0.126 e. The topological polar surface area (TPSA) is 45.1 Å². The minimum atomic E-state index is 0.230. The highest BCUT2D eigenvalue weighted by molar-refractivity contribution is 7.99. The standard InChI is InChI=1S/C13H21ClN2OS/c1-3-7-15-13-5-4-11(14)12(16-13)9-18-10(2)6-8-17/h4-5,10,17H,3,6-9H2,1-2H3,(H,15,16). The number of hydrogen-bond acceptors (Lipinski definition) is 4. The quantitative estimate of drug-likeness (QED) is 0.768. The average Bonchev–Trinajstić information content (AvgIpc) is 2.36. The Bertz CT molecular complexity index is 363. The number of aliphatic hydroxyl groups is 1. The number of aromatic nitrogens is 1. The number of aliphatic hydroxyl groups excluding tert-OH is 1. The van der Waals surface area contributed by atoms with Crippen molar-refractivity contribution in [3.05, 3.63) is 22.8 Å². The average molecular weight is 289 g/mol. The van der Waals surface area contributed by atoms with Gasteiger partial charge < -0.3 is 10.4 Å². The molecule has 1 rings (SSSR count). The summed E-state index contributed by atoms with van der Waals surface area (Å²) in [5.74, 6) is 1.66. The maximum absolute atomic E-state index is 8.86. The zero-order valence-electron chi connectivity index (χ0n) is 10.9. The van der Waals surface area contributed by atoms with Gasteiger partial charge >= 0.3 is 0 Å². The Labute approximate surface area is 118 Å². The Morgan fingerprint density at radius 2 is 2.28 bits per heavy atom. The number of anilines is 1. The summed E-state index contributed by atoms with van der Waals surface area (Å²) in [7, 11) is 0. The van der Waals surface area contributed by atoms with Crippen LogP contribution < -0.4 is 5.32 Å². The van der Waals surface area contributed by atoms with Crippen molar-refractivity contribution in [2.75, 3.05) is 18.5 Å². The van der Waals surface area contributed by atoms with Crippen molar-refractivity contribution in [1.29, 1.82) is 0 Å². The van der Waals surface area contributed by atoms with Gasteiger partial charge in [-0.2, -0.15) is 11.8 Å². The van der Waals surface area contributed by atoms with Crippen LogP contribution in [0.4, 0.5) is 5.82 Å². The van der Waals surface area contributed by atoms with Gasteiger partial charge in [-0.15, -0.1) is 0 Å². The molecule has 0 spiro atoms. The van der Waals surface area contributed by atoms with E-state index in [4.69, 9.17) is 16.7 Å². The van der Waals surface area contributed by atoms with Gasteiger partial charge in [0.05, 0.1) is 10.7 Å². The van der Waals surface area contributed by atoms with Gasteiger partial charge in [0.1, 0.15) is 5.82 Å². The molecule has 1 aromatic heterocycles. The summed E-state index contributed by atoms with van der Waals surface area (Å²) in [6, 6.07) is 3.79. The molecule has 0 aliphatic heterocycles. The van der Waals surface area contributed by atoms with Crippen molar-refractivity contribution in [2.24, 2.45) is 0 Å². The minimum absolute atomic E-state index is 0.230. The van der Waals surface area contributed by atoms with E-state index >= 15 is 0 Å². The molecule has 1 atom stereocenters. The molecule has 0 bridgehead atoms. The normalized spacial score (nSPS) is 12.4. The maximum atomic E-state index is 8.86.